The Hall–Kier alpha value is -1.40. The van der Waals surface area contributed by atoms with Crippen LogP contribution in [-0.2, 0) is 12.2 Å². The number of benzene rings is 1. The van der Waals surface area contributed by atoms with E-state index in [1.54, 1.807) is 12.1 Å². The van der Waals surface area contributed by atoms with Crippen LogP contribution in [0, 0.1) is 11.7 Å². The van der Waals surface area contributed by atoms with E-state index in [2.05, 4.69) is 24.0 Å². The molecular formula is C14H18FN3OS. The standard InChI is InChI=1S/C14H18FN3OS/c1-9(2)12(16)7-14-17-13(18-19-14)8-20-11-5-3-10(15)4-6-11/h3-6,9,12H,7-8,16H2,1-2H3. The van der Waals surface area contributed by atoms with Gasteiger partial charge in [0.1, 0.15) is 5.82 Å². The van der Waals surface area contributed by atoms with Gasteiger partial charge in [0.25, 0.3) is 0 Å². The minimum Gasteiger partial charge on any atom is -0.339 e. The maximum Gasteiger partial charge on any atom is 0.228 e. The quantitative estimate of drug-likeness (QED) is 0.830. The zero-order chi connectivity index (χ0) is 14.5. The van der Waals surface area contributed by atoms with Crippen molar-refractivity contribution in [2.45, 2.75) is 37.0 Å². The van der Waals surface area contributed by atoms with Gasteiger partial charge in [0, 0.05) is 17.4 Å². The molecular weight excluding hydrogens is 277 g/mol. The van der Waals surface area contributed by atoms with E-state index in [0.29, 0.717) is 29.8 Å². The van der Waals surface area contributed by atoms with Crippen LogP contribution < -0.4 is 5.73 Å². The molecule has 0 aliphatic heterocycles. The third-order valence-electron chi connectivity index (χ3n) is 2.96. The van der Waals surface area contributed by atoms with Gasteiger partial charge in [-0.15, -0.1) is 11.8 Å². The Balaban J connectivity index is 1.88. The number of hydrogen-bond acceptors (Lipinski definition) is 5. The van der Waals surface area contributed by atoms with E-state index in [0.717, 1.165) is 4.90 Å². The number of aromatic nitrogens is 2. The smallest absolute Gasteiger partial charge is 0.228 e. The van der Waals surface area contributed by atoms with Crippen molar-refractivity contribution in [2.24, 2.45) is 11.7 Å². The molecule has 1 atom stereocenters. The zero-order valence-corrected chi connectivity index (χ0v) is 12.4. The van der Waals surface area contributed by atoms with E-state index in [1.165, 1.54) is 23.9 Å². The van der Waals surface area contributed by atoms with Crippen LogP contribution in [0.2, 0.25) is 0 Å². The summed E-state index contributed by atoms with van der Waals surface area (Å²) in [5.41, 5.74) is 5.97. The van der Waals surface area contributed by atoms with Crippen molar-refractivity contribution in [3.63, 3.8) is 0 Å². The summed E-state index contributed by atoms with van der Waals surface area (Å²) in [6.07, 6.45) is 0.589. The first-order valence-electron chi connectivity index (χ1n) is 6.50. The van der Waals surface area contributed by atoms with Crippen LogP contribution in [-0.4, -0.2) is 16.2 Å². The van der Waals surface area contributed by atoms with Gasteiger partial charge in [0.2, 0.25) is 5.89 Å². The van der Waals surface area contributed by atoms with E-state index in [1.807, 2.05) is 0 Å². The predicted molar refractivity (Wildman–Crippen MR) is 76.8 cm³/mol. The molecule has 108 valence electrons. The number of thioether (sulfide) groups is 1. The first-order chi connectivity index (χ1) is 9.54. The van der Waals surface area contributed by atoms with Gasteiger partial charge in [0.15, 0.2) is 5.82 Å². The number of nitrogens with zero attached hydrogens (tertiary/aromatic N) is 2. The van der Waals surface area contributed by atoms with E-state index < -0.39 is 0 Å². The van der Waals surface area contributed by atoms with Crippen LogP contribution in [0.5, 0.6) is 0 Å². The monoisotopic (exact) mass is 295 g/mol. The highest BCUT2D eigenvalue weighted by Gasteiger charge is 2.14. The van der Waals surface area contributed by atoms with Crippen molar-refractivity contribution in [1.82, 2.24) is 10.1 Å². The lowest BCUT2D eigenvalue weighted by Gasteiger charge is -2.11. The number of nitrogens with two attached hydrogens (primary N) is 1. The molecule has 0 bridgehead atoms. The Bertz CT molecular complexity index is 542. The number of rotatable bonds is 6. The Morgan fingerprint density at radius 1 is 1.30 bits per heavy atom. The van der Waals surface area contributed by atoms with E-state index >= 15 is 0 Å². The van der Waals surface area contributed by atoms with Gasteiger partial charge < -0.3 is 10.3 Å². The molecule has 1 aromatic carbocycles. The summed E-state index contributed by atoms with van der Waals surface area (Å²) >= 11 is 1.54. The summed E-state index contributed by atoms with van der Waals surface area (Å²) in [5, 5.41) is 3.92. The van der Waals surface area contributed by atoms with Gasteiger partial charge in [-0.2, -0.15) is 4.98 Å². The van der Waals surface area contributed by atoms with E-state index in [4.69, 9.17) is 10.3 Å². The molecule has 0 aliphatic carbocycles. The normalized spacial score (nSPS) is 12.8. The Morgan fingerprint density at radius 3 is 2.65 bits per heavy atom. The van der Waals surface area contributed by atoms with Gasteiger partial charge in [-0.1, -0.05) is 19.0 Å². The van der Waals surface area contributed by atoms with Crippen molar-refractivity contribution in [1.29, 1.82) is 0 Å². The minimum absolute atomic E-state index is 0.0213. The predicted octanol–water partition coefficient (Wildman–Crippen LogP) is 3.03. The van der Waals surface area contributed by atoms with Crippen LogP contribution in [0.1, 0.15) is 25.6 Å². The van der Waals surface area contributed by atoms with Gasteiger partial charge >= 0.3 is 0 Å². The second kappa shape index (κ2) is 6.85. The lowest BCUT2D eigenvalue weighted by atomic mass is 10.0. The average Bonchev–Trinajstić information content (AvgIpc) is 2.85. The molecule has 1 unspecified atom stereocenters. The SMILES string of the molecule is CC(C)C(N)Cc1nc(CSc2ccc(F)cc2)no1. The van der Waals surface area contributed by atoms with E-state index in [9.17, 15) is 4.39 Å². The van der Waals surface area contributed by atoms with Crippen molar-refractivity contribution in [3.8, 4) is 0 Å². The van der Waals surface area contributed by atoms with Crippen LogP contribution >= 0.6 is 11.8 Å². The van der Waals surface area contributed by atoms with Crippen molar-refractivity contribution >= 4 is 11.8 Å². The second-order valence-corrected chi connectivity index (χ2v) is 6.01. The fourth-order valence-corrected chi connectivity index (χ4v) is 2.29. The largest absolute Gasteiger partial charge is 0.339 e. The minimum atomic E-state index is -0.237. The zero-order valence-electron chi connectivity index (χ0n) is 11.5. The Kier molecular flexibility index (Phi) is 5.14. The Morgan fingerprint density at radius 2 is 2.00 bits per heavy atom. The molecule has 1 heterocycles. The van der Waals surface area contributed by atoms with Crippen molar-refractivity contribution in [3.05, 3.63) is 41.8 Å². The molecule has 2 rings (SSSR count). The van der Waals surface area contributed by atoms with E-state index in [-0.39, 0.29) is 11.9 Å². The molecule has 2 aromatic rings. The molecule has 0 amide bonds. The topological polar surface area (TPSA) is 64.9 Å². The molecule has 1 aromatic heterocycles. The highest BCUT2D eigenvalue weighted by molar-refractivity contribution is 7.98. The third-order valence-corrected chi connectivity index (χ3v) is 3.97. The maximum absolute atomic E-state index is 12.8. The molecule has 0 fully saturated rings. The molecule has 0 saturated carbocycles. The molecule has 0 aliphatic rings. The molecule has 0 saturated heterocycles. The fourth-order valence-electron chi connectivity index (χ4n) is 1.55. The summed E-state index contributed by atoms with van der Waals surface area (Å²) < 4.78 is 18.0. The second-order valence-electron chi connectivity index (χ2n) is 4.96. The number of halogens is 1. The summed E-state index contributed by atoms with van der Waals surface area (Å²) in [5.74, 6) is 1.93. The first kappa shape index (κ1) is 15.0. The van der Waals surface area contributed by atoms with Gasteiger partial charge in [-0.05, 0) is 30.2 Å². The Labute approximate surface area is 121 Å². The van der Waals surface area contributed by atoms with Crippen LogP contribution in [0.15, 0.2) is 33.7 Å². The molecule has 4 nitrogen and oxygen atoms in total. The summed E-state index contributed by atoms with van der Waals surface area (Å²) in [7, 11) is 0. The lowest BCUT2D eigenvalue weighted by molar-refractivity contribution is 0.350. The third kappa shape index (κ3) is 4.31. The molecule has 0 spiro atoms. The molecule has 20 heavy (non-hydrogen) atoms. The summed E-state index contributed by atoms with van der Waals surface area (Å²) in [4.78, 5) is 5.28. The van der Waals surface area contributed by atoms with Crippen molar-refractivity contribution in [2.75, 3.05) is 0 Å². The van der Waals surface area contributed by atoms with Gasteiger partial charge in [0.05, 0.1) is 5.75 Å². The average molecular weight is 295 g/mol. The first-order valence-corrected chi connectivity index (χ1v) is 7.48. The van der Waals surface area contributed by atoms with Crippen LogP contribution in [0.25, 0.3) is 0 Å². The van der Waals surface area contributed by atoms with Crippen molar-refractivity contribution < 1.29 is 8.91 Å². The molecule has 2 N–H and O–H groups in total. The van der Waals surface area contributed by atoms with Gasteiger partial charge in [-0.25, -0.2) is 4.39 Å². The molecule has 6 heteroatoms. The molecule has 0 radical (unpaired) electrons. The summed E-state index contributed by atoms with van der Waals surface area (Å²) in [6, 6.07) is 6.36. The van der Waals surface area contributed by atoms with Gasteiger partial charge in [-0.3, -0.25) is 0 Å². The van der Waals surface area contributed by atoms with Crippen LogP contribution in [0.3, 0.4) is 0 Å². The van der Waals surface area contributed by atoms with Crippen LogP contribution in [0.4, 0.5) is 4.39 Å². The highest BCUT2D eigenvalue weighted by Crippen LogP contribution is 2.21. The highest BCUT2D eigenvalue weighted by atomic mass is 32.2. The lowest BCUT2D eigenvalue weighted by Crippen LogP contribution is -2.28. The summed E-state index contributed by atoms with van der Waals surface area (Å²) in [6.45, 7) is 4.12. The maximum atomic E-state index is 12.8. The fraction of sp³-hybridized carbons (Fsp3) is 0.429. The number of hydrogen-bond donors (Lipinski definition) is 1.